The monoisotopic (exact) mass is 440 g/mol. The third-order valence-electron chi connectivity index (χ3n) is 6.12. The van der Waals surface area contributed by atoms with E-state index in [9.17, 15) is 14.0 Å². The van der Waals surface area contributed by atoms with Crippen LogP contribution in [0, 0.1) is 5.82 Å². The van der Waals surface area contributed by atoms with Crippen LogP contribution in [0.4, 0.5) is 4.39 Å². The number of methoxy groups -OCH3 is 1. The molecule has 0 heterocycles. The number of nitrogens with one attached hydrogen (secondary N) is 1. The molecule has 2 amide bonds. The van der Waals surface area contributed by atoms with Gasteiger partial charge >= 0.3 is 0 Å². The Morgan fingerprint density at radius 1 is 1.03 bits per heavy atom. The second-order valence-corrected chi connectivity index (χ2v) is 8.44. The number of amides is 2. The van der Waals surface area contributed by atoms with Gasteiger partial charge in [-0.2, -0.15) is 0 Å². The van der Waals surface area contributed by atoms with E-state index in [1.165, 1.54) is 18.6 Å². The first-order valence-corrected chi connectivity index (χ1v) is 11.5. The average molecular weight is 441 g/mol. The van der Waals surface area contributed by atoms with E-state index in [1.807, 2.05) is 31.2 Å². The second kappa shape index (κ2) is 11.7. The Balaban J connectivity index is 1.79. The Hall–Kier alpha value is -2.89. The van der Waals surface area contributed by atoms with Crippen LogP contribution in [0.3, 0.4) is 0 Å². The molecule has 3 rings (SSSR count). The molecular formula is C26H33FN2O3. The largest absolute Gasteiger partial charge is 0.497 e. The molecule has 6 heteroatoms. The van der Waals surface area contributed by atoms with Crippen LogP contribution in [0.5, 0.6) is 5.75 Å². The summed E-state index contributed by atoms with van der Waals surface area (Å²) in [5.41, 5.74) is 1.64. The van der Waals surface area contributed by atoms with Gasteiger partial charge < -0.3 is 15.0 Å². The van der Waals surface area contributed by atoms with Crippen molar-refractivity contribution in [3.05, 3.63) is 65.5 Å². The minimum Gasteiger partial charge on any atom is -0.497 e. The molecule has 0 saturated heterocycles. The quantitative estimate of drug-likeness (QED) is 0.618. The minimum atomic E-state index is -0.563. The van der Waals surface area contributed by atoms with Gasteiger partial charge in [-0.1, -0.05) is 50.5 Å². The fraction of sp³-hybridized carbons (Fsp3) is 0.462. The number of carbonyl (C=O) groups excluding carboxylic acids is 2. The van der Waals surface area contributed by atoms with Crippen molar-refractivity contribution in [2.75, 3.05) is 7.11 Å². The summed E-state index contributed by atoms with van der Waals surface area (Å²) in [5.74, 6) is 0.146. The lowest BCUT2D eigenvalue weighted by atomic mass is 9.95. The van der Waals surface area contributed by atoms with Gasteiger partial charge in [-0.25, -0.2) is 4.39 Å². The Morgan fingerprint density at radius 3 is 2.25 bits per heavy atom. The molecule has 5 nitrogen and oxygen atoms in total. The third kappa shape index (κ3) is 6.55. The van der Waals surface area contributed by atoms with Crippen molar-refractivity contribution in [1.82, 2.24) is 10.2 Å². The first-order valence-electron chi connectivity index (χ1n) is 11.5. The molecule has 172 valence electrons. The van der Waals surface area contributed by atoms with E-state index in [-0.39, 0.29) is 30.1 Å². The highest BCUT2D eigenvalue weighted by atomic mass is 19.1. The van der Waals surface area contributed by atoms with Crippen molar-refractivity contribution in [2.45, 2.75) is 70.5 Å². The van der Waals surface area contributed by atoms with Crippen LogP contribution < -0.4 is 10.1 Å². The molecule has 32 heavy (non-hydrogen) atoms. The van der Waals surface area contributed by atoms with Crippen LogP contribution in [-0.4, -0.2) is 35.9 Å². The van der Waals surface area contributed by atoms with Crippen LogP contribution >= 0.6 is 0 Å². The fourth-order valence-electron chi connectivity index (χ4n) is 4.27. The maximum atomic E-state index is 13.3. The number of rotatable bonds is 9. The summed E-state index contributed by atoms with van der Waals surface area (Å²) in [6, 6.07) is 13.1. The van der Waals surface area contributed by atoms with E-state index >= 15 is 0 Å². The van der Waals surface area contributed by atoms with Crippen molar-refractivity contribution in [3.8, 4) is 5.75 Å². The first-order chi connectivity index (χ1) is 15.5. The molecule has 1 atom stereocenters. The van der Waals surface area contributed by atoms with Crippen LogP contribution in [0.25, 0.3) is 0 Å². The molecule has 0 bridgehead atoms. The number of carbonyl (C=O) groups is 2. The number of halogens is 1. The normalized spacial score (nSPS) is 15.1. The number of ether oxygens (including phenoxy) is 1. The van der Waals surface area contributed by atoms with Crippen molar-refractivity contribution in [3.63, 3.8) is 0 Å². The number of hydrogen-bond acceptors (Lipinski definition) is 3. The molecule has 0 unspecified atom stereocenters. The van der Waals surface area contributed by atoms with Crippen molar-refractivity contribution < 1.29 is 18.7 Å². The molecular weight excluding hydrogens is 407 g/mol. The SMILES string of the molecule is CC[C@@H](C(=O)NC1CCCCC1)N(Cc1ccc(OC)cc1)C(=O)Cc1ccc(F)cc1. The van der Waals surface area contributed by atoms with Gasteiger partial charge in [0.1, 0.15) is 17.6 Å². The zero-order valence-corrected chi connectivity index (χ0v) is 19.0. The molecule has 1 fully saturated rings. The molecule has 2 aromatic rings. The summed E-state index contributed by atoms with van der Waals surface area (Å²) in [5, 5.41) is 3.18. The molecule has 1 saturated carbocycles. The zero-order chi connectivity index (χ0) is 22.9. The average Bonchev–Trinajstić information content (AvgIpc) is 2.81. The molecule has 2 aromatic carbocycles. The van der Waals surface area contributed by atoms with E-state index in [4.69, 9.17) is 4.74 Å². The Labute approximate surface area is 190 Å². The lowest BCUT2D eigenvalue weighted by molar-refractivity contribution is -0.141. The second-order valence-electron chi connectivity index (χ2n) is 8.44. The van der Waals surface area contributed by atoms with Crippen molar-refractivity contribution >= 4 is 11.8 Å². The van der Waals surface area contributed by atoms with E-state index in [2.05, 4.69) is 5.32 Å². The molecule has 0 aliphatic heterocycles. The molecule has 1 aliphatic carbocycles. The topological polar surface area (TPSA) is 58.6 Å². The predicted molar refractivity (Wildman–Crippen MR) is 123 cm³/mol. The summed E-state index contributed by atoms with van der Waals surface area (Å²) in [7, 11) is 1.61. The molecule has 1 N–H and O–H groups in total. The molecule has 0 spiro atoms. The van der Waals surface area contributed by atoms with Gasteiger partial charge in [0.25, 0.3) is 0 Å². The van der Waals surface area contributed by atoms with E-state index in [0.717, 1.165) is 42.6 Å². The smallest absolute Gasteiger partial charge is 0.243 e. The van der Waals surface area contributed by atoms with Crippen molar-refractivity contribution in [2.24, 2.45) is 0 Å². The Morgan fingerprint density at radius 2 is 1.66 bits per heavy atom. The predicted octanol–water partition coefficient (Wildman–Crippen LogP) is 4.63. The lowest BCUT2D eigenvalue weighted by Gasteiger charge is -2.33. The molecule has 0 aromatic heterocycles. The van der Waals surface area contributed by atoms with E-state index < -0.39 is 6.04 Å². The number of hydrogen-bond donors (Lipinski definition) is 1. The number of benzene rings is 2. The Bertz CT molecular complexity index is 877. The zero-order valence-electron chi connectivity index (χ0n) is 19.0. The van der Waals surface area contributed by atoms with Gasteiger partial charge in [-0.05, 0) is 54.7 Å². The lowest BCUT2D eigenvalue weighted by Crippen LogP contribution is -2.51. The fourth-order valence-corrected chi connectivity index (χ4v) is 4.27. The minimum absolute atomic E-state index is 0.0969. The van der Waals surface area contributed by atoms with Gasteiger partial charge in [-0.15, -0.1) is 0 Å². The maximum Gasteiger partial charge on any atom is 0.243 e. The van der Waals surface area contributed by atoms with Gasteiger partial charge in [0.15, 0.2) is 0 Å². The van der Waals surface area contributed by atoms with E-state index in [1.54, 1.807) is 24.1 Å². The molecule has 0 radical (unpaired) electrons. The van der Waals surface area contributed by atoms with Gasteiger partial charge in [-0.3, -0.25) is 9.59 Å². The Kier molecular flexibility index (Phi) is 8.65. The summed E-state index contributed by atoms with van der Waals surface area (Å²) in [6.07, 6.45) is 6.08. The first kappa shape index (κ1) is 23.8. The van der Waals surface area contributed by atoms with Gasteiger partial charge in [0.05, 0.1) is 13.5 Å². The van der Waals surface area contributed by atoms with Crippen LogP contribution in [-0.2, 0) is 22.6 Å². The van der Waals surface area contributed by atoms with Crippen molar-refractivity contribution in [1.29, 1.82) is 0 Å². The van der Waals surface area contributed by atoms with Gasteiger partial charge in [0, 0.05) is 12.6 Å². The van der Waals surface area contributed by atoms with Gasteiger partial charge in [0.2, 0.25) is 11.8 Å². The summed E-state index contributed by atoms with van der Waals surface area (Å²) >= 11 is 0. The highest BCUT2D eigenvalue weighted by molar-refractivity contribution is 5.88. The highest BCUT2D eigenvalue weighted by Crippen LogP contribution is 2.20. The number of nitrogens with zero attached hydrogens (tertiary/aromatic N) is 1. The van der Waals surface area contributed by atoms with Crippen LogP contribution in [0.1, 0.15) is 56.6 Å². The highest BCUT2D eigenvalue weighted by Gasteiger charge is 2.30. The van der Waals surface area contributed by atoms with Crippen LogP contribution in [0.15, 0.2) is 48.5 Å². The van der Waals surface area contributed by atoms with Crippen LogP contribution in [0.2, 0.25) is 0 Å². The summed E-state index contributed by atoms with van der Waals surface area (Å²) in [4.78, 5) is 28.2. The summed E-state index contributed by atoms with van der Waals surface area (Å²) in [6.45, 7) is 2.25. The standard InChI is InChI=1S/C26H33FN2O3/c1-3-24(26(31)28-22-7-5-4-6-8-22)29(18-20-11-15-23(32-2)16-12-20)25(30)17-19-9-13-21(27)14-10-19/h9-16,22,24H,3-8,17-18H2,1-2H3,(H,28,31)/t24-/m0/s1. The van der Waals surface area contributed by atoms with E-state index in [0.29, 0.717) is 13.0 Å². The maximum absolute atomic E-state index is 13.3. The summed E-state index contributed by atoms with van der Waals surface area (Å²) < 4.78 is 18.5. The molecule has 1 aliphatic rings. The third-order valence-corrected chi connectivity index (χ3v) is 6.12.